The quantitative estimate of drug-likeness (QED) is 0.752. The number of benzene rings is 2. The topological polar surface area (TPSA) is 49.4 Å². The van der Waals surface area contributed by atoms with Crippen molar-refractivity contribution in [1.82, 2.24) is 4.90 Å². The first-order valence-corrected chi connectivity index (χ1v) is 10.7. The summed E-state index contributed by atoms with van der Waals surface area (Å²) in [5, 5.41) is 3.59. The maximum atomic E-state index is 12.8. The van der Waals surface area contributed by atoms with Gasteiger partial charge in [0.1, 0.15) is 0 Å². The molecule has 4 nitrogen and oxygen atoms in total. The molecule has 1 aliphatic heterocycles. The van der Waals surface area contributed by atoms with E-state index in [9.17, 15) is 9.59 Å². The summed E-state index contributed by atoms with van der Waals surface area (Å²) in [6.07, 6.45) is 3.26. The first kappa shape index (κ1) is 19.8. The van der Waals surface area contributed by atoms with E-state index in [1.165, 1.54) is 18.2 Å². The maximum Gasteiger partial charge on any atom is 0.255 e. The van der Waals surface area contributed by atoms with Crippen LogP contribution in [0.1, 0.15) is 35.2 Å². The number of rotatable bonds is 6. The largest absolute Gasteiger partial charge is 0.339 e. The van der Waals surface area contributed by atoms with Gasteiger partial charge in [-0.1, -0.05) is 35.9 Å². The van der Waals surface area contributed by atoms with Gasteiger partial charge >= 0.3 is 0 Å². The fraction of sp³-hybridized carbons (Fsp3) is 0.333. The lowest BCUT2D eigenvalue weighted by Crippen LogP contribution is -2.36. The van der Waals surface area contributed by atoms with Crippen LogP contribution in [-0.4, -0.2) is 35.6 Å². The van der Waals surface area contributed by atoms with Gasteiger partial charge in [-0.3, -0.25) is 9.59 Å². The predicted molar refractivity (Wildman–Crippen MR) is 112 cm³/mol. The van der Waals surface area contributed by atoms with Crippen molar-refractivity contribution < 1.29 is 9.59 Å². The highest BCUT2D eigenvalue weighted by Gasteiger charge is 2.21. The van der Waals surface area contributed by atoms with Gasteiger partial charge in [-0.05, 0) is 49.1 Å². The number of hydrogen-bond acceptors (Lipinski definition) is 3. The SMILES string of the molecule is O=C(CSCc1cccc(Cl)c1)Nc1ccccc1C(=O)N1CCCCC1. The average Bonchev–Trinajstić information content (AvgIpc) is 2.69. The van der Waals surface area contributed by atoms with Crippen LogP contribution in [0.25, 0.3) is 0 Å². The molecule has 1 heterocycles. The van der Waals surface area contributed by atoms with Gasteiger partial charge in [0.15, 0.2) is 0 Å². The van der Waals surface area contributed by atoms with Crippen LogP contribution in [0, 0.1) is 0 Å². The van der Waals surface area contributed by atoms with E-state index in [4.69, 9.17) is 11.6 Å². The van der Waals surface area contributed by atoms with Crippen LogP contribution in [0.3, 0.4) is 0 Å². The van der Waals surface area contributed by atoms with Gasteiger partial charge in [0, 0.05) is 23.9 Å². The molecule has 142 valence electrons. The lowest BCUT2D eigenvalue weighted by atomic mass is 10.1. The van der Waals surface area contributed by atoms with Gasteiger partial charge in [0.05, 0.1) is 17.0 Å². The number of nitrogens with one attached hydrogen (secondary N) is 1. The third-order valence-corrected chi connectivity index (χ3v) is 5.70. The van der Waals surface area contributed by atoms with E-state index < -0.39 is 0 Å². The van der Waals surface area contributed by atoms with Crippen molar-refractivity contribution in [1.29, 1.82) is 0 Å². The van der Waals surface area contributed by atoms with E-state index in [-0.39, 0.29) is 11.8 Å². The molecule has 0 spiro atoms. The monoisotopic (exact) mass is 402 g/mol. The molecule has 0 unspecified atom stereocenters. The number of nitrogens with zero attached hydrogens (tertiary/aromatic N) is 1. The summed E-state index contributed by atoms with van der Waals surface area (Å²) in [5.41, 5.74) is 2.23. The molecule has 0 radical (unpaired) electrons. The fourth-order valence-electron chi connectivity index (χ4n) is 3.12. The molecule has 27 heavy (non-hydrogen) atoms. The number of likely N-dealkylation sites (tertiary alicyclic amines) is 1. The van der Waals surface area contributed by atoms with Gasteiger partial charge in [-0.15, -0.1) is 11.8 Å². The summed E-state index contributed by atoms with van der Waals surface area (Å²) in [6, 6.07) is 14.9. The molecule has 2 amide bonds. The minimum Gasteiger partial charge on any atom is -0.339 e. The van der Waals surface area contributed by atoms with E-state index in [0.29, 0.717) is 27.8 Å². The zero-order chi connectivity index (χ0) is 19.1. The number of thioether (sulfide) groups is 1. The molecule has 1 fully saturated rings. The highest BCUT2D eigenvalue weighted by atomic mass is 35.5. The number of para-hydroxylation sites is 1. The van der Waals surface area contributed by atoms with Crippen molar-refractivity contribution in [3.8, 4) is 0 Å². The molecule has 0 aromatic heterocycles. The second-order valence-corrected chi connectivity index (χ2v) is 7.99. The van der Waals surface area contributed by atoms with Crippen molar-refractivity contribution in [2.45, 2.75) is 25.0 Å². The van der Waals surface area contributed by atoms with Gasteiger partial charge < -0.3 is 10.2 Å². The fourth-order valence-corrected chi connectivity index (χ4v) is 4.11. The summed E-state index contributed by atoms with van der Waals surface area (Å²) in [6.45, 7) is 1.58. The van der Waals surface area contributed by atoms with Crippen LogP contribution in [0.4, 0.5) is 5.69 Å². The zero-order valence-electron chi connectivity index (χ0n) is 15.1. The molecular formula is C21H23ClN2O2S. The molecule has 2 aromatic rings. The molecule has 0 saturated carbocycles. The van der Waals surface area contributed by atoms with E-state index in [1.807, 2.05) is 41.3 Å². The number of halogens is 1. The van der Waals surface area contributed by atoms with E-state index in [2.05, 4.69) is 5.32 Å². The van der Waals surface area contributed by atoms with Crippen molar-refractivity contribution >= 4 is 40.9 Å². The number of hydrogen-bond donors (Lipinski definition) is 1. The van der Waals surface area contributed by atoms with Gasteiger partial charge in [0.2, 0.25) is 5.91 Å². The first-order valence-electron chi connectivity index (χ1n) is 9.14. The Bertz CT molecular complexity index is 806. The molecule has 1 aliphatic rings. The summed E-state index contributed by atoms with van der Waals surface area (Å²) < 4.78 is 0. The molecule has 2 aromatic carbocycles. The Balaban J connectivity index is 1.56. The Morgan fingerprint density at radius 3 is 2.59 bits per heavy atom. The number of piperidine rings is 1. The van der Waals surface area contributed by atoms with Crippen LogP contribution in [0.2, 0.25) is 5.02 Å². The molecule has 6 heteroatoms. The number of amides is 2. The van der Waals surface area contributed by atoms with E-state index in [0.717, 1.165) is 31.5 Å². The van der Waals surface area contributed by atoms with Crippen molar-refractivity contribution in [2.24, 2.45) is 0 Å². The van der Waals surface area contributed by atoms with E-state index >= 15 is 0 Å². The maximum absolute atomic E-state index is 12.8. The van der Waals surface area contributed by atoms with Crippen LogP contribution in [0.15, 0.2) is 48.5 Å². The van der Waals surface area contributed by atoms with Crippen LogP contribution in [0.5, 0.6) is 0 Å². The van der Waals surface area contributed by atoms with Gasteiger partial charge in [-0.2, -0.15) is 0 Å². The Morgan fingerprint density at radius 1 is 1.04 bits per heavy atom. The molecule has 0 atom stereocenters. The zero-order valence-corrected chi connectivity index (χ0v) is 16.7. The predicted octanol–water partition coefficient (Wildman–Crippen LogP) is 4.84. The summed E-state index contributed by atoms with van der Waals surface area (Å²) in [4.78, 5) is 27.0. The summed E-state index contributed by atoms with van der Waals surface area (Å²) in [5.74, 6) is 0.916. The second kappa shape index (κ2) is 9.81. The number of anilines is 1. The van der Waals surface area contributed by atoms with Crippen molar-refractivity contribution in [3.63, 3.8) is 0 Å². The Kier molecular flexibility index (Phi) is 7.18. The van der Waals surface area contributed by atoms with Gasteiger partial charge in [-0.25, -0.2) is 0 Å². The Labute approximate surface area is 169 Å². The Morgan fingerprint density at radius 2 is 1.81 bits per heavy atom. The summed E-state index contributed by atoms with van der Waals surface area (Å²) >= 11 is 7.50. The molecule has 3 rings (SSSR count). The molecule has 0 bridgehead atoms. The molecule has 1 saturated heterocycles. The van der Waals surface area contributed by atoms with Crippen LogP contribution < -0.4 is 5.32 Å². The second-order valence-electron chi connectivity index (χ2n) is 6.57. The standard InChI is InChI=1S/C21H23ClN2O2S/c22-17-8-6-7-16(13-17)14-27-15-20(25)23-19-10-3-2-9-18(19)21(26)24-11-4-1-5-12-24/h2-3,6-10,13H,1,4-5,11-12,14-15H2,(H,23,25). The summed E-state index contributed by atoms with van der Waals surface area (Å²) in [7, 11) is 0. The molecule has 1 N–H and O–H groups in total. The number of carbonyl (C=O) groups is 2. The minimum atomic E-state index is -0.110. The molecular weight excluding hydrogens is 380 g/mol. The van der Waals surface area contributed by atoms with Crippen molar-refractivity contribution in [3.05, 3.63) is 64.7 Å². The van der Waals surface area contributed by atoms with E-state index in [1.54, 1.807) is 12.1 Å². The lowest BCUT2D eigenvalue weighted by molar-refractivity contribution is -0.113. The average molecular weight is 403 g/mol. The van der Waals surface area contributed by atoms with Crippen LogP contribution >= 0.6 is 23.4 Å². The third-order valence-electron chi connectivity index (χ3n) is 4.47. The lowest BCUT2D eigenvalue weighted by Gasteiger charge is -2.27. The van der Waals surface area contributed by atoms with Crippen LogP contribution in [-0.2, 0) is 10.5 Å². The first-order chi connectivity index (χ1) is 13.1. The number of carbonyl (C=O) groups excluding carboxylic acids is 2. The van der Waals surface area contributed by atoms with Gasteiger partial charge in [0.25, 0.3) is 5.91 Å². The molecule has 0 aliphatic carbocycles. The van der Waals surface area contributed by atoms with Crippen molar-refractivity contribution in [2.75, 3.05) is 24.2 Å². The minimum absolute atomic E-state index is 0.00261. The highest BCUT2D eigenvalue weighted by molar-refractivity contribution is 7.99. The third kappa shape index (κ3) is 5.75. The smallest absolute Gasteiger partial charge is 0.255 e. The highest BCUT2D eigenvalue weighted by Crippen LogP contribution is 2.21. The Hall–Kier alpha value is -1.98. The normalized spacial score (nSPS) is 14.0.